The maximum absolute atomic E-state index is 12.6. The van der Waals surface area contributed by atoms with Crippen LogP contribution in [0.3, 0.4) is 0 Å². The van der Waals surface area contributed by atoms with E-state index in [2.05, 4.69) is 10.0 Å². The maximum Gasteiger partial charge on any atom is 0.233 e. The summed E-state index contributed by atoms with van der Waals surface area (Å²) < 4.78 is 6.53. The van der Waals surface area contributed by atoms with Gasteiger partial charge in [-0.15, -0.1) is 0 Å². The molecule has 124 valence electrons. The zero-order valence-electron chi connectivity index (χ0n) is 13.7. The van der Waals surface area contributed by atoms with Gasteiger partial charge in [-0.05, 0) is 32.2 Å². The van der Waals surface area contributed by atoms with Crippen molar-refractivity contribution >= 4 is 34.2 Å². The largest absolute Gasteiger partial charge is 0.376 e. The van der Waals surface area contributed by atoms with Crippen LogP contribution >= 0.6 is 24.0 Å². The fraction of sp³-hybridized carbons (Fsp3) is 0.857. The number of rotatable bonds is 8. The SMILES string of the molecule is CC(C)(CCN=[N+]=[N-])OCCC(C)(C)C(=O)N1CCSC1=S. The second kappa shape index (κ2) is 8.15. The third kappa shape index (κ3) is 5.76. The molecule has 1 fully saturated rings. The zero-order valence-corrected chi connectivity index (χ0v) is 15.3. The summed E-state index contributed by atoms with van der Waals surface area (Å²) >= 11 is 6.77. The predicted molar refractivity (Wildman–Crippen MR) is 93.8 cm³/mol. The van der Waals surface area contributed by atoms with Crippen LogP contribution in [-0.2, 0) is 9.53 Å². The van der Waals surface area contributed by atoms with Gasteiger partial charge in [0.2, 0.25) is 5.91 Å². The summed E-state index contributed by atoms with van der Waals surface area (Å²) in [6.45, 7) is 9.36. The highest BCUT2D eigenvalue weighted by atomic mass is 32.2. The van der Waals surface area contributed by atoms with Crippen LogP contribution in [-0.4, -0.2) is 46.2 Å². The van der Waals surface area contributed by atoms with Crippen LogP contribution < -0.4 is 0 Å². The number of nitrogens with zero attached hydrogens (tertiary/aromatic N) is 4. The lowest BCUT2D eigenvalue weighted by Gasteiger charge is -2.31. The van der Waals surface area contributed by atoms with Crippen molar-refractivity contribution in [3.05, 3.63) is 10.4 Å². The molecule has 0 spiro atoms. The fourth-order valence-electron chi connectivity index (χ4n) is 2.07. The van der Waals surface area contributed by atoms with Gasteiger partial charge in [-0.1, -0.05) is 42.9 Å². The number of hydrogen-bond acceptors (Lipinski definition) is 5. The highest BCUT2D eigenvalue weighted by Gasteiger charge is 2.36. The molecule has 0 bridgehead atoms. The summed E-state index contributed by atoms with van der Waals surface area (Å²) in [6, 6.07) is 0. The first-order valence-electron chi connectivity index (χ1n) is 7.33. The van der Waals surface area contributed by atoms with Crippen LogP contribution in [0.25, 0.3) is 10.4 Å². The molecule has 0 atom stereocenters. The van der Waals surface area contributed by atoms with E-state index in [0.717, 1.165) is 5.75 Å². The number of thioether (sulfide) groups is 1. The number of amides is 1. The molecule has 1 aliphatic rings. The van der Waals surface area contributed by atoms with E-state index in [1.54, 1.807) is 16.7 Å². The third-order valence-corrected chi connectivity index (χ3v) is 5.11. The predicted octanol–water partition coefficient (Wildman–Crippen LogP) is 3.76. The first kappa shape index (κ1) is 19.2. The van der Waals surface area contributed by atoms with Gasteiger partial charge < -0.3 is 4.74 Å². The van der Waals surface area contributed by atoms with Crippen LogP contribution in [0.1, 0.15) is 40.5 Å². The molecule has 0 N–H and O–H groups in total. The van der Waals surface area contributed by atoms with Gasteiger partial charge in [0.05, 0.1) is 5.60 Å². The van der Waals surface area contributed by atoms with Crippen molar-refractivity contribution in [2.75, 3.05) is 25.4 Å². The van der Waals surface area contributed by atoms with E-state index in [0.29, 0.717) is 36.9 Å². The van der Waals surface area contributed by atoms with E-state index in [-0.39, 0.29) is 11.5 Å². The molecule has 1 saturated heterocycles. The Morgan fingerprint density at radius 3 is 2.68 bits per heavy atom. The van der Waals surface area contributed by atoms with Gasteiger partial charge in [0.15, 0.2) is 0 Å². The lowest BCUT2D eigenvalue weighted by molar-refractivity contribution is -0.137. The minimum Gasteiger partial charge on any atom is -0.376 e. The smallest absolute Gasteiger partial charge is 0.233 e. The first-order valence-corrected chi connectivity index (χ1v) is 8.72. The number of azide groups is 1. The topological polar surface area (TPSA) is 78.3 Å². The summed E-state index contributed by atoms with van der Waals surface area (Å²) in [5.41, 5.74) is 7.42. The molecule has 8 heteroatoms. The van der Waals surface area contributed by atoms with E-state index < -0.39 is 5.41 Å². The Kier molecular flexibility index (Phi) is 7.12. The molecule has 0 radical (unpaired) electrons. The third-order valence-electron chi connectivity index (χ3n) is 3.68. The zero-order chi connectivity index (χ0) is 16.8. The van der Waals surface area contributed by atoms with Crippen molar-refractivity contribution in [3.63, 3.8) is 0 Å². The van der Waals surface area contributed by atoms with Gasteiger partial charge in [0, 0.05) is 35.8 Å². The van der Waals surface area contributed by atoms with Gasteiger partial charge in [-0.2, -0.15) is 0 Å². The van der Waals surface area contributed by atoms with Crippen molar-refractivity contribution in [2.24, 2.45) is 10.5 Å². The number of hydrogen-bond donors (Lipinski definition) is 0. The summed E-state index contributed by atoms with van der Waals surface area (Å²) in [7, 11) is 0. The molecule has 0 unspecified atom stereocenters. The average Bonchev–Trinajstić information content (AvgIpc) is 2.83. The molecule has 0 saturated carbocycles. The van der Waals surface area contributed by atoms with Crippen LogP contribution in [0, 0.1) is 5.41 Å². The van der Waals surface area contributed by atoms with Crippen molar-refractivity contribution < 1.29 is 9.53 Å². The van der Waals surface area contributed by atoms with Crippen molar-refractivity contribution in [1.29, 1.82) is 0 Å². The summed E-state index contributed by atoms with van der Waals surface area (Å²) in [6.07, 6.45) is 1.28. The Morgan fingerprint density at radius 2 is 2.14 bits per heavy atom. The standard InChI is InChI=1S/C14H24N4O2S2/c1-13(2,11(19)18-8-10-22-12(18)21)6-9-20-14(3,4)5-7-16-17-15/h5-10H2,1-4H3. The van der Waals surface area contributed by atoms with Gasteiger partial charge in [-0.25, -0.2) is 0 Å². The normalized spacial score (nSPS) is 15.8. The maximum atomic E-state index is 12.6. The number of thiocarbonyl (C=S) groups is 1. The second-order valence-electron chi connectivity index (χ2n) is 6.52. The quantitative estimate of drug-likeness (QED) is 0.291. The molecule has 1 aliphatic heterocycles. The minimum absolute atomic E-state index is 0.0676. The van der Waals surface area contributed by atoms with Gasteiger partial charge in [0.1, 0.15) is 4.32 Å². The van der Waals surface area contributed by atoms with Crippen molar-refractivity contribution in [3.8, 4) is 0 Å². The monoisotopic (exact) mass is 344 g/mol. The van der Waals surface area contributed by atoms with Crippen LogP contribution in [0.4, 0.5) is 0 Å². The van der Waals surface area contributed by atoms with Gasteiger partial charge >= 0.3 is 0 Å². The van der Waals surface area contributed by atoms with Crippen LogP contribution in [0.2, 0.25) is 0 Å². The lowest BCUT2D eigenvalue weighted by atomic mass is 9.88. The number of ether oxygens (including phenoxy) is 1. The first-order chi connectivity index (χ1) is 10.2. The van der Waals surface area contributed by atoms with E-state index in [1.807, 2.05) is 27.7 Å². The Bertz CT molecular complexity index is 473. The summed E-state index contributed by atoms with van der Waals surface area (Å²) in [5.74, 6) is 0.946. The summed E-state index contributed by atoms with van der Waals surface area (Å²) in [4.78, 5) is 17.0. The van der Waals surface area contributed by atoms with E-state index in [9.17, 15) is 4.79 Å². The molecule has 0 aromatic carbocycles. The molecule has 1 heterocycles. The van der Waals surface area contributed by atoms with Crippen LogP contribution in [0.15, 0.2) is 5.11 Å². The Balaban J connectivity index is 2.46. The van der Waals surface area contributed by atoms with Crippen molar-refractivity contribution in [2.45, 2.75) is 46.1 Å². The lowest BCUT2D eigenvalue weighted by Crippen LogP contribution is -2.42. The number of carbonyl (C=O) groups is 1. The number of carbonyl (C=O) groups excluding carboxylic acids is 1. The fourth-order valence-corrected chi connectivity index (χ4v) is 3.27. The molecule has 1 rings (SSSR count). The van der Waals surface area contributed by atoms with Gasteiger partial charge in [-0.3, -0.25) is 9.69 Å². The molecule has 22 heavy (non-hydrogen) atoms. The van der Waals surface area contributed by atoms with Crippen molar-refractivity contribution in [1.82, 2.24) is 4.90 Å². The van der Waals surface area contributed by atoms with E-state index in [4.69, 9.17) is 22.5 Å². The average molecular weight is 345 g/mol. The van der Waals surface area contributed by atoms with E-state index in [1.165, 1.54) is 0 Å². The minimum atomic E-state index is -0.504. The molecule has 0 aromatic rings. The molecule has 1 amide bonds. The molecular weight excluding hydrogens is 320 g/mol. The van der Waals surface area contributed by atoms with E-state index >= 15 is 0 Å². The Morgan fingerprint density at radius 1 is 1.45 bits per heavy atom. The second-order valence-corrected chi connectivity index (χ2v) is 8.25. The van der Waals surface area contributed by atoms with Gasteiger partial charge in [0.25, 0.3) is 0 Å². The highest BCUT2D eigenvalue weighted by molar-refractivity contribution is 8.23. The molecular formula is C14H24N4O2S2. The van der Waals surface area contributed by atoms with Crippen LogP contribution in [0.5, 0.6) is 0 Å². The molecule has 0 aromatic heterocycles. The Hall–Kier alpha value is -0.820. The molecule has 0 aliphatic carbocycles. The highest BCUT2D eigenvalue weighted by Crippen LogP contribution is 2.29. The molecule has 6 nitrogen and oxygen atoms in total. The Labute approximate surface area is 141 Å². The summed E-state index contributed by atoms with van der Waals surface area (Å²) in [5, 5.41) is 3.53.